The zero-order chi connectivity index (χ0) is 9.26. The van der Waals surface area contributed by atoms with Crippen LogP contribution in [0.3, 0.4) is 0 Å². The van der Waals surface area contributed by atoms with E-state index in [9.17, 15) is 0 Å². The van der Waals surface area contributed by atoms with E-state index in [1.54, 1.807) is 7.11 Å². The highest BCUT2D eigenvalue weighted by atomic mass is 16.5. The molecular formula is C12H14O. The van der Waals surface area contributed by atoms with Crippen LogP contribution in [0.15, 0.2) is 30.4 Å². The molecule has 0 fully saturated rings. The van der Waals surface area contributed by atoms with Crippen molar-refractivity contribution in [2.24, 2.45) is 0 Å². The SMILES string of the molecule is COc1cccc2c1CC=C[C@H]2C. The Morgan fingerprint density at radius 2 is 2.23 bits per heavy atom. The molecular weight excluding hydrogens is 160 g/mol. The van der Waals surface area contributed by atoms with Crippen LogP contribution in [0, 0.1) is 0 Å². The Morgan fingerprint density at radius 3 is 3.00 bits per heavy atom. The summed E-state index contributed by atoms with van der Waals surface area (Å²) < 4.78 is 5.33. The molecule has 13 heavy (non-hydrogen) atoms. The lowest BCUT2D eigenvalue weighted by Crippen LogP contribution is -2.03. The van der Waals surface area contributed by atoms with E-state index in [4.69, 9.17) is 4.74 Å². The lowest BCUT2D eigenvalue weighted by molar-refractivity contribution is 0.409. The molecule has 1 atom stereocenters. The smallest absolute Gasteiger partial charge is 0.122 e. The second-order valence-corrected chi connectivity index (χ2v) is 3.45. The summed E-state index contributed by atoms with van der Waals surface area (Å²) in [6.07, 6.45) is 5.47. The number of hydrogen-bond acceptors (Lipinski definition) is 1. The van der Waals surface area contributed by atoms with Crippen molar-refractivity contribution < 1.29 is 4.74 Å². The molecule has 0 amide bonds. The van der Waals surface area contributed by atoms with Crippen LogP contribution in [0.2, 0.25) is 0 Å². The van der Waals surface area contributed by atoms with Crippen molar-refractivity contribution in [3.63, 3.8) is 0 Å². The quantitative estimate of drug-likeness (QED) is 0.595. The molecule has 1 aromatic carbocycles. The summed E-state index contributed by atoms with van der Waals surface area (Å²) in [6, 6.07) is 6.28. The first-order valence-corrected chi connectivity index (χ1v) is 4.65. The lowest BCUT2D eigenvalue weighted by Gasteiger charge is -2.19. The van der Waals surface area contributed by atoms with E-state index in [0.29, 0.717) is 5.92 Å². The average molecular weight is 174 g/mol. The van der Waals surface area contributed by atoms with Gasteiger partial charge >= 0.3 is 0 Å². The molecule has 0 radical (unpaired) electrons. The molecule has 0 aromatic heterocycles. The van der Waals surface area contributed by atoms with Crippen molar-refractivity contribution >= 4 is 0 Å². The van der Waals surface area contributed by atoms with Crippen molar-refractivity contribution in [1.82, 2.24) is 0 Å². The first kappa shape index (κ1) is 8.36. The van der Waals surface area contributed by atoms with Gasteiger partial charge in [-0.2, -0.15) is 0 Å². The minimum atomic E-state index is 0.527. The van der Waals surface area contributed by atoms with Crippen LogP contribution in [-0.4, -0.2) is 7.11 Å². The molecule has 1 aliphatic carbocycles. The topological polar surface area (TPSA) is 9.23 Å². The highest BCUT2D eigenvalue weighted by molar-refractivity contribution is 5.46. The van der Waals surface area contributed by atoms with Gasteiger partial charge in [-0.05, 0) is 24.0 Å². The van der Waals surface area contributed by atoms with Crippen LogP contribution in [0.1, 0.15) is 24.0 Å². The van der Waals surface area contributed by atoms with Crippen molar-refractivity contribution in [2.45, 2.75) is 19.3 Å². The fraction of sp³-hybridized carbons (Fsp3) is 0.333. The second kappa shape index (κ2) is 3.25. The van der Waals surface area contributed by atoms with Crippen LogP contribution in [0.4, 0.5) is 0 Å². The molecule has 0 heterocycles. The molecule has 0 spiro atoms. The van der Waals surface area contributed by atoms with Gasteiger partial charge < -0.3 is 4.74 Å². The average Bonchev–Trinajstić information content (AvgIpc) is 2.18. The van der Waals surface area contributed by atoms with E-state index in [0.717, 1.165) is 12.2 Å². The first-order chi connectivity index (χ1) is 6.33. The van der Waals surface area contributed by atoms with E-state index in [-0.39, 0.29) is 0 Å². The molecule has 0 bridgehead atoms. The third-order valence-corrected chi connectivity index (χ3v) is 2.63. The Morgan fingerprint density at radius 1 is 1.38 bits per heavy atom. The van der Waals surface area contributed by atoms with Gasteiger partial charge in [0.2, 0.25) is 0 Å². The number of rotatable bonds is 1. The molecule has 68 valence electrons. The van der Waals surface area contributed by atoms with Crippen molar-refractivity contribution in [3.05, 3.63) is 41.5 Å². The van der Waals surface area contributed by atoms with Crippen molar-refractivity contribution in [2.75, 3.05) is 7.11 Å². The Hall–Kier alpha value is -1.24. The summed E-state index contributed by atoms with van der Waals surface area (Å²) in [5, 5.41) is 0. The maximum absolute atomic E-state index is 5.33. The van der Waals surface area contributed by atoms with Crippen LogP contribution in [0.5, 0.6) is 5.75 Å². The monoisotopic (exact) mass is 174 g/mol. The summed E-state index contributed by atoms with van der Waals surface area (Å²) >= 11 is 0. The lowest BCUT2D eigenvalue weighted by atomic mass is 9.88. The second-order valence-electron chi connectivity index (χ2n) is 3.45. The summed E-state index contributed by atoms with van der Waals surface area (Å²) in [6.45, 7) is 2.22. The number of ether oxygens (including phenoxy) is 1. The summed E-state index contributed by atoms with van der Waals surface area (Å²) in [7, 11) is 1.73. The number of fused-ring (bicyclic) bond motifs is 1. The molecule has 2 rings (SSSR count). The molecule has 0 saturated heterocycles. The van der Waals surface area contributed by atoms with Crippen LogP contribution < -0.4 is 4.74 Å². The van der Waals surface area contributed by atoms with E-state index in [1.165, 1.54) is 11.1 Å². The van der Waals surface area contributed by atoms with Gasteiger partial charge in [0, 0.05) is 5.56 Å². The van der Waals surface area contributed by atoms with Crippen LogP contribution in [-0.2, 0) is 6.42 Å². The molecule has 0 unspecified atom stereocenters. The zero-order valence-corrected chi connectivity index (χ0v) is 8.08. The summed E-state index contributed by atoms with van der Waals surface area (Å²) in [5.41, 5.74) is 2.75. The number of hydrogen-bond donors (Lipinski definition) is 0. The largest absolute Gasteiger partial charge is 0.496 e. The maximum atomic E-state index is 5.33. The van der Waals surface area contributed by atoms with Gasteiger partial charge in [-0.15, -0.1) is 0 Å². The zero-order valence-electron chi connectivity index (χ0n) is 8.08. The van der Waals surface area contributed by atoms with Gasteiger partial charge in [0.25, 0.3) is 0 Å². The van der Waals surface area contributed by atoms with Gasteiger partial charge in [-0.1, -0.05) is 31.2 Å². The van der Waals surface area contributed by atoms with E-state index >= 15 is 0 Å². The predicted molar refractivity (Wildman–Crippen MR) is 54.3 cm³/mol. The van der Waals surface area contributed by atoms with Crippen molar-refractivity contribution in [3.8, 4) is 5.75 Å². The van der Waals surface area contributed by atoms with E-state index < -0.39 is 0 Å². The summed E-state index contributed by atoms with van der Waals surface area (Å²) in [5.74, 6) is 1.55. The Balaban J connectivity index is 2.52. The summed E-state index contributed by atoms with van der Waals surface area (Å²) in [4.78, 5) is 0. The highest BCUT2D eigenvalue weighted by Gasteiger charge is 2.14. The van der Waals surface area contributed by atoms with Crippen LogP contribution in [0.25, 0.3) is 0 Å². The minimum Gasteiger partial charge on any atom is -0.496 e. The standard InChI is InChI=1S/C12H14O/c1-9-5-3-7-11-10(9)6-4-8-12(11)13-2/h3-6,8-9H,7H2,1-2H3/t9-/m1/s1. The van der Waals surface area contributed by atoms with Gasteiger partial charge in [-0.25, -0.2) is 0 Å². The fourth-order valence-corrected chi connectivity index (χ4v) is 1.91. The molecule has 0 saturated carbocycles. The number of benzene rings is 1. The Labute approximate surface area is 79.0 Å². The number of allylic oxidation sites excluding steroid dienone is 2. The molecule has 1 nitrogen and oxygen atoms in total. The molecule has 0 aliphatic heterocycles. The Kier molecular flexibility index (Phi) is 2.09. The van der Waals surface area contributed by atoms with E-state index in [2.05, 4.69) is 31.2 Å². The minimum absolute atomic E-state index is 0.527. The van der Waals surface area contributed by atoms with Gasteiger partial charge in [0.05, 0.1) is 7.11 Å². The molecule has 1 aromatic rings. The maximum Gasteiger partial charge on any atom is 0.122 e. The number of methoxy groups -OCH3 is 1. The van der Waals surface area contributed by atoms with E-state index in [1.807, 2.05) is 6.07 Å². The van der Waals surface area contributed by atoms with Gasteiger partial charge in [-0.3, -0.25) is 0 Å². The predicted octanol–water partition coefficient (Wildman–Crippen LogP) is 2.91. The first-order valence-electron chi connectivity index (χ1n) is 4.65. The fourth-order valence-electron chi connectivity index (χ4n) is 1.91. The van der Waals surface area contributed by atoms with Gasteiger partial charge in [0.1, 0.15) is 5.75 Å². The molecule has 1 aliphatic rings. The normalized spacial score (nSPS) is 19.7. The van der Waals surface area contributed by atoms with Crippen molar-refractivity contribution in [1.29, 1.82) is 0 Å². The molecule has 1 heteroatoms. The van der Waals surface area contributed by atoms with Gasteiger partial charge in [0.15, 0.2) is 0 Å². The molecule has 0 N–H and O–H groups in total. The third-order valence-electron chi connectivity index (χ3n) is 2.63. The highest BCUT2D eigenvalue weighted by Crippen LogP contribution is 2.32. The van der Waals surface area contributed by atoms with Crippen LogP contribution >= 0.6 is 0 Å². The third kappa shape index (κ3) is 1.35. The Bertz CT molecular complexity index is 339.